The van der Waals surface area contributed by atoms with E-state index < -0.39 is 5.97 Å². The van der Waals surface area contributed by atoms with Crippen molar-refractivity contribution in [3.05, 3.63) is 120 Å². The summed E-state index contributed by atoms with van der Waals surface area (Å²) < 4.78 is 6.10. The minimum absolute atomic E-state index is 0.242. The molecule has 0 aliphatic heterocycles. The van der Waals surface area contributed by atoms with Gasteiger partial charge in [0.15, 0.2) is 0 Å². The number of phenolic OH excluding ortho intramolecular Hbond substituents is 1. The van der Waals surface area contributed by atoms with Crippen molar-refractivity contribution in [2.24, 2.45) is 0 Å². The Morgan fingerprint density at radius 1 is 0.523 bits per heavy atom. The molecule has 0 amide bonds. The Labute approximate surface area is 257 Å². The van der Waals surface area contributed by atoms with Crippen molar-refractivity contribution in [3.63, 3.8) is 0 Å². The Hall–Kier alpha value is -4.89. The van der Waals surface area contributed by atoms with E-state index in [2.05, 4.69) is 78.9 Å². The smallest absolute Gasteiger partial charge is 0.343 e. The molecule has 7 aromatic rings. The molecule has 0 saturated heterocycles. The van der Waals surface area contributed by atoms with Crippen LogP contribution in [0.25, 0.3) is 53.9 Å². The zero-order chi connectivity index (χ0) is 31.0. The number of carbonyl (C=O) groups is 1. The van der Waals surface area contributed by atoms with Gasteiger partial charge in [0.1, 0.15) is 11.5 Å². The van der Waals surface area contributed by atoms with Crippen molar-refractivity contribution in [1.82, 2.24) is 0 Å². The van der Waals surface area contributed by atoms with Gasteiger partial charge in [-0.3, -0.25) is 0 Å². The standard InChI is InChI=1S/C41H36O3/c1-40(2,3)35-22-33(23-36(38(35)42)41(4,5)6)39(43)44-37-13-9-12-26-16-29-19-30-17-27-14-24-10-7-8-11-25(24)15-28(27)18-31(30)20-32(29)21-34(26)37/h7-23,42H,1-6H3. The molecule has 3 heteroatoms. The van der Waals surface area contributed by atoms with Gasteiger partial charge in [0.2, 0.25) is 0 Å². The summed E-state index contributed by atoms with van der Waals surface area (Å²) in [6.07, 6.45) is 0. The van der Waals surface area contributed by atoms with Crippen LogP contribution in [0.5, 0.6) is 11.5 Å². The van der Waals surface area contributed by atoms with E-state index in [1.165, 1.54) is 32.3 Å². The van der Waals surface area contributed by atoms with Crippen LogP contribution in [-0.4, -0.2) is 11.1 Å². The summed E-state index contributed by atoms with van der Waals surface area (Å²) >= 11 is 0. The third kappa shape index (κ3) is 4.83. The van der Waals surface area contributed by atoms with Gasteiger partial charge in [0, 0.05) is 16.5 Å². The number of hydrogen-bond acceptors (Lipinski definition) is 3. The van der Waals surface area contributed by atoms with Crippen molar-refractivity contribution in [2.75, 3.05) is 0 Å². The highest BCUT2D eigenvalue weighted by Gasteiger charge is 2.28. The molecule has 44 heavy (non-hydrogen) atoms. The highest BCUT2D eigenvalue weighted by molar-refractivity contribution is 6.11. The number of esters is 1. The fourth-order valence-electron chi connectivity index (χ4n) is 6.34. The number of benzene rings is 7. The molecule has 0 aromatic heterocycles. The van der Waals surface area contributed by atoms with E-state index in [4.69, 9.17) is 4.74 Å². The second kappa shape index (κ2) is 9.82. The molecule has 218 valence electrons. The van der Waals surface area contributed by atoms with Crippen LogP contribution in [0.3, 0.4) is 0 Å². The molecule has 7 aromatic carbocycles. The van der Waals surface area contributed by atoms with Gasteiger partial charge in [-0.25, -0.2) is 4.79 Å². The van der Waals surface area contributed by atoms with E-state index in [0.717, 1.165) is 32.7 Å². The summed E-state index contributed by atoms with van der Waals surface area (Å²) in [5.41, 5.74) is 1.20. The highest BCUT2D eigenvalue weighted by Crippen LogP contribution is 2.40. The summed E-state index contributed by atoms with van der Waals surface area (Å²) in [6.45, 7) is 12.2. The van der Waals surface area contributed by atoms with Crippen molar-refractivity contribution in [2.45, 2.75) is 52.4 Å². The first-order valence-electron chi connectivity index (χ1n) is 15.2. The predicted molar refractivity (Wildman–Crippen MR) is 184 cm³/mol. The molecule has 0 aliphatic rings. The van der Waals surface area contributed by atoms with E-state index in [-0.39, 0.29) is 16.6 Å². The van der Waals surface area contributed by atoms with Crippen LogP contribution in [0.4, 0.5) is 0 Å². The number of rotatable bonds is 2. The maximum Gasteiger partial charge on any atom is 0.343 e. The van der Waals surface area contributed by atoms with Crippen LogP contribution in [0, 0.1) is 0 Å². The lowest BCUT2D eigenvalue weighted by molar-refractivity contribution is 0.0736. The highest BCUT2D eigenvalue weighted by atomic mass is 16.5. The fraction of sp³-hybridized carbons (Fsp3) is 0.195. The predicted octanol–water partition coefficient (Wildman–Crippen LogP) is 11.0. The SMILES string of the molecule is CC(C)(C)c1cc(C(=O)Oc2cccc3cc4cc5cc6cc7ccccc7cc6cc5cc4cc23)cc(C(C)(C)C)c1O. The van der Waals surface area contributed by atoms with Gasteiger partial charge >= 0.3 is 5.97 Å². The van der Waals surface area contributed by atoms with Gasteiger partial charge in [-0.15, -0.1) is 0 Å². The minimum Gasteiger partial charge on any atom is -0.507 e. The first-order valence-corrected chi connectivity index (χ1v) is 15.2. The summed E-state index contributed by atoms with van der Waals surface area (Å²) in [4.78, 5) is 13.7. The van der Waals surface area contributed by atoms with Gasteiger partial charge in [-0.1, -0.05) is 77.9 Å². The van der Waals surface area contributed by atoms with E-state index in [0.29, 0.717) is 11.3 Å². The molecule has 0 bridgehead atoms. The molecule has 0 spiro atoms. The van der Waals surface area contributed by atoms with Crippen LogP contribution in [0.15, 0.2) is 103 Å². The van der Waals surface area contributed by atoms with Gasteiger partial charge in [0.05, 0.1) is 5.56 Å². The van der Waals surface area contributed by atoms with E-state index in [9.17, 15) is 9.90 Å². The lowest BCUT2D eigenvalue weighted by Gasteiger charge is -2.28. The van der Waals surface area contributed by atoms with Crippen molar-refractivity contribution >= 4 is 59.8 Å². The van der Waals surface area contributed by atoms with Crippen LogP contribution in [-0.2, 0) is 10.8 Å². The molecule has 0 saturated carbocycles. The van der Waals surface area contributed by atoms with Crippen LogP contribution >= 0.6 is 0 Å². The number of ether oxygens (including phenoxy) is 1. The topological polar surface area (TPSA) is 46.5 Å². The average molecular weight is 577 g/mol. The Balaban J connectivity index is 1.32. The third-order valence-corrected chi connectivity index (χ3v) is 8.74. The van der Waals surface area contributed by atoms with Crippen molar-refractivity contribution in [3.8, 4) is 11.5 Å². The van der Waals surface area contributed by atoms with Crippen LogP contribution in [0.2, 0.25) is 0 Å². The Morgan fingerprint density at radius 3 is 1.41 bits per heavy atom. The second-order valence-corrected chi connectivity index (χ2v) is 14.1. The molecule has 0 fully saturated rings. The number of carbonyl (C=O) groups excluding carboxylic acids is 1. The normalized spacial score (nSPS) is 12.5. The van der Waals surface area contributed by atoms with E-state index in [1.54, 1.807) is 12.1 Å². The number of aromatic hydroxyl groups is 1. The van der Waals surface area contributed by atoms with Gasteiger partial charge in [0.25, 0.3) is 0 Å². The zero-order valence-corrected chi connectivity index (χ0v) is 26.1. The third-order valence-electron chi connectivity index (χ3n) is 8.74. The Kier molecular flexibility index (Phi) is 6.23. The quantitative estimate of drug-likeness (QED) is 0.126. The zero-order valence-electron chi connectivity index (χ0n) is 26.1. The lowest BCUT2D eigenvalue weighted by atomic mass is 9.78. The summed E-state index contributed by atoms with van der Waals surface area (Å²) in [5, 5.41) is 22.5. The maximum absolute atomic E-state index is 13.7. The monoisotopic (exact) mass is 576 g/mol. The van der Waals surface area contributed by atoms with Gasteiger partial charge in [-0.05, 0) is 126 Å². The first kappa shape index (κ1) is 27.9. The molecule has 0 unspecified atom stereocenters. The largest absolute Gasteiger partial charge is 0.507 e. The second-order valence-electron chi connectivity index (χ2n) is 14.1. The number of fused-ring (bicyclic) bond motifs is 5. The maximum atomic E-state index is 13.7. The summed E-state index contributed by atoms with van der Waals surface area (Å²) in [5.74, 6) is 0.319. The Bertz CT molecular complexity index is 2260. The van der Waals surface area contributed by atoms with E-state index >= 15 is 0 Å². The molecule has 7 rings (SSSR count). The molecule has 0 atom stereocenters. The van der Waals surface area contributed by atoms with E-state index in [1.807, 2.05) is 53.7 Å². The first-order chi connectivity index (χ1) is 20.8. The molecule has 3 nitrogen and oxygen atoms in total. The molecule has 1 N–H and O–H groups in total. The van der Waals surface area contributed by atoms with Crippen LogP contribution < -0.4 is 4.74 Å². The summed E-state index contributed by atoms with van der Waals surface area (Å²) in [7, 11) is 0. The fourth-order valence-corrected chi connectivity index (χ4v) is 6.34. The molecular formula is C41H36O3. The number of hydrogen-bond donors (Lipinski definition) is 1. The molecule has 0 heterocycles. The molecule has 0 radical (unpaired) electrons. The van der Waals surface area contributed by atoms with Gasteiger partial charge in [-0.2, -0.15) is 0 Å². The van der Waals surface area contributed by atoms with Gasteiger partial charge < -0.3 is 9.84 Å². The average Bonchev–Trinajstić information content (AvgIpc) is 2.96. The minimum atomic E-state index is -0.439. The molecular weight excluding hydrogens is 540 g/mol. The lowest BCUT2D eigenvalue weighted by Crippen LogP contribution is -2.20. The Morgan fingerprint density at radius 2 is 0.932 bits per heavy atom. The van der Waals surface area contributed by atoms with Crippen LogP contribution in [0.1, 0.15) is 63.0 Å². The number of phenols is 1. The van der Waals surface area contributed by atoms with Crippen molar-refractivity contribution in [1.29, 1.82) is 0 Å². The summed E-state index contributed by atoms with van der Waals surface area (Å²) in [6, 6.07) is 35.6. The van der Waals surface area contributed by atoms with Crippen molar-refractivity contribution < 1.29 is 14.6 Å². The molecule has 0 aliphatic carbocycles.